The van der Waals surface area contributed by atoms with Crippen molar-refractivity contribution in [3.05, 3.63) is 70.5 Å². The van der Waals surface area contributed by atoms with Gasteiger partial charge in [-0.2, -0.15) is 0 Å². The van der Waals surface area contributed by atoms with Crippen LogP contribution in [0.4, 0.5) is 10.8 Å². The van der Waals surface area contributed by atoms with Crippen molar-refractivity contribution in [2.45, 2.75) is 20.4 Å². The van der Waals surface area contributed by atoms with E-state index in [4.69, 9.17) is 0 Å². The molecule has 0 atom stereocenters. The summed E-state index contributed by atoms with van der Waals surface area (Å²) in [5, 5.41) is 8.61. The predicted octanol–water partition coefficient (Wildman–Crippen LogP) is 4.02. The van der Waals surface area contributed by atoms with Crippen LogP contribution < -0.4 is 10.6 Å². The molecule has 0 bridgehead atoms. The first kappa shape index (κ1) is 16.1. The summed E-state index contributed by atoms with van der Waals surface area (Å²) in [5.74, 6) is -0.247. The first-order valence-electron chi connectivity index (χ1n) is 7.60. The number of nitrogens with zero attached hydrogens (tertiary/aromatic N) is 2. The van der Waals surface area contributed by atoms with Gasteiger partial charge in [0.1, 0.15) is 5.69 Å². The highest BCUT2D eigenvalue weighted by Crippen LogP contribution is 2.16. The standard InChI is InChI=1S/C18H18N4OS/c1-12-5-3-4-6-15(12)19-9-14-7-8-16(20-10-14)17(23)22-18-21-13(2)11-24-18/h3-8,10-11,19H,9H2,1-2H3,(H,21,22,23). The Hall–Kier alpha value is -2.73. The van der Waals surface area contributed by atoms with Gasteiger partial charge >= 0.3 is 0 Å². The molecule has 5 nitrogen and oxygen atoms in total. The van der Waals surface area contributed by atoms with E-state index in [0.717, 1.165) is 16.9 Å². The van der Waals surface area contributed by atoms with Gasteiger partial charge < -0.3 is 5.32 Å². The molecular weight excluding hydrogens is 320 g/mol. The van der Waals surface area contributed by atoms with E-state index in [0.29, 0.717) is 17.4 Å². The number of nitrogens with one attached hydrogen (secondary N) is 2. The molecule has 1 aromatic carbocycles. The van der Waals surface area contributed by atoms with E-state index < -0.39 is 0 Å². The Morgan fingerprint density at radius 1 is 1.17 bits per heavy atom. The average molecular weight is 338 g/mol. The summed E-state index contributed by atoms with van der Waals surface area (Å²) in [6.07, 6.45) is 1.72. The van der Waals surface area contributed by atoms with Crippen molar-refractivity contribution in [2.24, 2.45) is 0 Å². The molecule has 122 valence electrons. The van der Waals surface area contributed by atoms with E-state index in [1.807, 2.05) is 36.6 Å². The van der Waals surface area contributed by atoms with Crippen molar-refractivity contribution < 1.29 is 4.79 Å². The SMILES string of the molecule is Cc1csc(NC(=O)c2ccc(CNc3ccccc3C)cn2)n1. The molecule has 0 aliphatic rings. The fourth-order valence-electron chi connectivity index (χ4n) is 2.20. The molecule has 3 aromatic rings. The number of aryl methyl sites for hydroxylation is 2. The number of carbonyl (C=O) groups excluding carboxylic acids is 1. The zero-order valence-electron chi connectivity index (χ0n) is 13.5. The Kier molecular flexibility index (Phi) is 4.86. The number of thiazole rings is 1. The number of para-hydroxylation sites is 1. The lowest BCUT2D eigenvalue weighted by Crippen LogP contribution is -2.13. The van der Waals surface area contributed by atoms with Crippen LogP contribution in [0.1, 0.15) is 27.3 Å². The molecule has 0 radical (unpaired) electrons. The number of amides is 1. The summed E-state index contributed by atoms with van der Waals surface area (Å²) < 4.78 is 0. The molecule has 24 heavy (non-hydrogen) atoms. The van der Waals surface area contributed by atoms with Crippen LogP contribution in [0.3, 0.4) is 0 Å². The average Bonchev–Trinajstić information content (AvgIpc) is 2.99. The molecule has 2 N–H and O–H groups in total. The molecule has 0 spiro atoms. The highest BCUT2D eigenvalue weighted by molar-refractivity contribution is 7.13. The number of pyridine rings is 1. The third-order valence-corrected chi connectivity index (χ3v) is 4.40. The van der Waals surface area contributed by atoms with Gasteiger partial charge in [-0.25, -0.2) is 4.98 Å². The van der Waals surface area contributed by atoms with Gasteiger partial charge in [-0.15, -0.1) is 11.3 Å². The van der Waals surface area contributed by atoms with Crippen molar-refractivity contribution in [1.82, 2.24) is 9.97 Å². The molecule has 0 aliphatic heterocycles. The number of benzene rings is 1. The van der Waals surface area contributed by atoms with Gasteiger partial charge in [-0.3, -0.25) is 15.1 Å². The zero-order valence-corrected chi connectivity index (χ0v) is 14.4. The Labute approximate surface area is 144 Å². The molecule has 0 saturated carbocycles. The lowest BCUT2D eigenvalue weighted by molar-refractivity contribution is 0.102. The minimum absolute atomic E-state index is 0.247. The van der Waals surface area contributed by atoms with Crippen molar-refractivity contribution in [3.63, 3.8) is 0 Å². The first-order chi connectivity index (χ1) is 11.6. The molecule has 0 unspecified atom stereocenters. The molecule has 0 fully saturated rings. The summed E-state index contributed by atoms with van der Waals surface area (Å²) >= 11 is 1.40. The van der Waals surface area contributed by atoms with Gasteiger partial charge in [-0.1, -0.05) is 24.3 Å². The molecule has 0 aliphatic carbocycles. The molecule has 2 aromatic heterocycles. The van der Waals surface area contributed by atoms with Crippen LogP contribution in [0.25, 0.3) is 0 Å². The van der Waals surface area contributed by atoms with Crippen LogP contribution in [0.5, 0.6) is 0 Å². The molecule has 6 heteroatoms. The number of anilines is 2. The van der Waals surface area contributed by atoms with Gasteiger partial charge in [0.25, 0.3) is 5.91 Å². The zero-order chi connectivity index (χ0) is 16.9. The van der Waals surface area contributed by atoms with E-state index in [-0.39, 0.29) is 5.91 Å². The minimum Gasteiger partial charge on any atom is -0.381 e. The first-order valence-corrected chi connectivity index (χ1v) is 8.48. The van der Waals surface area contributed by atoms with E-state index >= 15 is 0 Å². The van der Waals surface area contributed by atoms with E-state index in [2.05, 4.69) is 33.6 Å². The lowest BCUT2D eigenvalue weighted by Gasteiger charge is -2.09. The van der Waals surface area contributed by atoms with Crippen molar-refractivity contribution in [1.29, 1.82) is 0 Å². The number of rotatable bonds is 5. The van der Waals surface area contributed by atoms with Gasteiger partial charge in [0.15, 0.2) is 5.13 Å². The number of carbonyl (C=O) groups is 1. The van der Waals surface area contributed by atoms with Crippen molar-refractivity contribution in [2.75, 3.05) is 10.6 Å². The molecule has 3 rings (SSSR count). The van der Waals surface area contributed by atoms with Crippen molar-refractivity contribution >= 4 is 28.1 Å². The third kappa shape index (κ3) is 3.97. The van der Waals surface area contributed by atoms with Crippen LogP contribution in [-0.4, -0.2) is 15.9 Å². The van der Waals surface area contributed by atoms with Crippen molar-refractivity contribution in [3.8, 4) is 0 Å². The smallest absolute Gasteiger partial charge is 0.276 e. The molecule has 1 amide bonds. The van der Waals surface area contributed by atoms with Crippen LogP contribution >= 0.6 is 11.3 Å². The summed E-state index contributed by atoms with van der Waals surface area (Å²) in [6.45, 7) is 4.61. The Bertz CT molecular complexity index is 842. The van der Waals surface area contributed by atoms with Crippen LogP contribution in [0, 0.1) is 13.8 Å². The van der Waals surface area contributed by atoms with Gasteiger partial charge in [-0.05, 0) is 37.1 Å². The summed E-state index contributed by atoms with van der Waals surface area (Å²) in [6, 6.07) is 11.8. The molecule has 0 saturated heterocycles. The second kappa shape index (κ2) is 7.23. The van der Waals surface area contributed by atoms with Crippen LogP contribution in [-0.2, 0) is 6.54 Å². The predicted molar refractivity (Wildman–Crippen MR) is 97.5 cm³/mol. The minimum atomic E-state index is -0.247. The Morgan fingerprint density at radius 3 is 2.67 bits per heavy atom. The lowest BCUT2D eigenvalue weighted by atomic mass is 10.2. The topological polar surface area (TPSA) is 66.9 Å². The van der Waals surface area contributed by atoms with E-state index in [1.165, 1.54) is 16.9 Å². The van der Waals surface area contributed by atoms with Gasteiger partial charge in [0.05, 0.1) is 5.69 Å². The third-order valence-electron chi connectivity index (χ3n) is 3.52. The van der Waals surface area contributed by atoms with Crippen LogP contribution in [0.15, 0.2) is 48.0 Å². The highest BCUT2D eigenvalue weighted by Gasteiger charge is 2.09. The summed E-state index contributed by atoms with van der Waals surface area (Å²) in [4.78, 5) is 20.6. The van der Waals surface area contributed by atoms with E-state index in [1.54, 1.807) is 12.3 Å². The number of aromatic nitrogens is 2. The monoisotopic (exact) mass is 338 g/mol. The normalized spacial score (nSPS) is 10.4. The Morgan fingerprint density at radius 2 is 2.00 bits per heavy atom. The second-order valence-corrected chi connectivity index (χ2v) is 6.33. The van der Waals surface area contributed by atoms with Gasteiger partial charge in [0.2, 0.25) is 0 Å². The maximum atomic E-state index is 12.1. The maximum absolute atomic E-state index is 12.1. The van der Waals surface area contributed by atoms with Crippen LogP contribution in [0.2, 0.25) is 0 Å². The van der Waals surface area contributed by atoms with Gasteiger partial charge in [0, 0.05) is 23.8 Å². The number of hydrogen-bond acceptors (Lipinski definition) is 5. The summed E-state index contributed by atoms with van der Waals surface area (Å²) in [7, 11) is 0. The highest BCUT2D eigenvalue weighted by atomic mass is 32.1. The fourth-order valence-corrected chi connectivity index (χ4v) is 2.89. The number of hydrogen-bond donors (Lipinski definition) is 2. The fraction of sp³-hybridized carbons (Fsp3) is 0.167. The quantitative estimate of drug-likeness (QED) is 0.737. The summed E-state index contributed by atoms with van der Waals surface area (Å²) in [5.41, 5.74) is 4.57. The Balaban J connectivity index is 1.60. The largest absolute Gasteiger partial charge is 0.381 e. The molecular formula is C18H18N4OS. The second-order valence-electron chi connectivity index (χ2n) is 5.47. The molecule has 2 heterocycles. The van der Waals surface area contributed by atoms with E-state index in [9.17, 15) is 4.79 Å². The maximum Gasteiger partial charge on any atom is 0.276 e.